The van der Waals surface area contributed by atoms with E-state index < -0.39 is 458 Å². The first kappa shape index (κ1) is 118. The lowest BCUT2D eigenvalue weighted by molar-refractivity contribution is -0.399. The van der Waals surface area contributed by atoms with E-state index in [9.17, 15) is 192 Å². The van der Waals surface area contributed by atoms with Crippen molar-refractivity contribution in [1.29, 1.82) is 0 Å². The molecule has 143 heavy (non-hydrogen) atoms. The standard InChI is InChI=1S/C79H131N5O59/c1-18-40(100)51(111)56(116)72(126-18)123-16-33-63(47(107)36(68(120)127-33)80-19(2)93)136-69-37(81-20(3)94)48(108)62(30(13-91)131-69)139-75-59(119)65(140-77-67(55(115)44(104)27(10-88)130-77)142-71-39(83-22(5)96)50(110)60(28(11-89)133-71)137-73-57(117)52(112)42(102)25(8-86)128-73)46(106)31(134-75)15-124-76-66(54(114)43(103)26(9-87)129-76)141-70-38(82-21(4)95)49(109)61(29(12-90)132-70)138-74-58(118)53(113)45(105)32(135-74)17-125-79(78(121)122)6-23(97)35(84-34(99)14-92)64(143-79)41(101)24(98)7-85/h18,23-33,35-77,85-92,97-98,100-120H,6-17H2,1-5H3,(H,80,93)(H,81,94)(H,82,95)(H,83,96)(H,84,99)(H,121,122)/t18-,23-,24+,25+,26+,27+,28+,29+,30+,31+,32+,33+,35+,36+,37+,38+,39+,40+,41+,42-,43+,44+,45-,46+,47+,48+,49+,50+,51+,52-,53-,54-,55-,56-,57+,58+,59-,60+,61+,62+,63+,64+,65-,66-,67-,68+,69-,70-,71-,72+,73-,74-,75-,76-,77+,79+/m0/s1. The summed E-state index contributed by atoms with van der Waals surface area (Å²) < 4.78 is 125. The average Bonchev–Trinajstić information content (AvgIpc) is 0.758. The Bertz CT molecular complexity index is 4030. The van der Waals surface area contributed by atoms with E-state index in [2.05, 4.69) is 26.6 Å². The van der Waals surface area contributed by atoms with E-state index in [1.165, 1.54) is 6.92 Å². The predicted molar refractivity (Wildman–Crippen MR) is 438 cm³/mol. The fraction of sp³-hybridized carbons (Fsp3) is 0.924. The van der Waals surface area contributed by atoms with Gasteiger partial charge in [-0.05, 0) is 6.92 Å². The highest BCUT2D eigenvalue weighted by Gasteiger charge is 2.64. The van der Waals surface area contributed by atoms with Crippen molar-refractivity contribution in [1.82, 2.24) is 26.6 Å². The maximum atomic E-state index is 13.4. The van der Waals surface area contributed by atoms with Crippen molar-refractivity contribution in [2.45, 2.75) is 384 Å². The van der Waals surface area contributed by atoms with Crippen molar-refractivity contribution in [2.24, 2.45) is 0 Å². The lowest BCUT2D eigenvalue weighted by atomic mass is 9.88. The van der Waals surface area contributed by atoms with E-state index in [1.807, 2.05) is 0 Å². The Morgan fingerprint density at radius 2 is 0.650 bits per heavy atom. The molecule has 0 saturated carbocycles. The molecule has 0 bridgehead atoms. The van der Waals surface area contributed by atoms with Crippen molar-refractivity contribution in [3.8, 4) is 0 Å². The summed E-state index contributed by atoms with van der Waals surface area (Å²) in [5.41, 5.74) is 0. The molecular formula is C79H131N5O59. The Balaban J connectivity index is 0.901. The lowest BCUT2D eigenvalue weighted by Crippen LogP contribution is -2.71. The highest BCUT2D eigenvalue weighted by molar-refractivity contribution is 5.78. The maximum Gasteiger partial charge on any atom is 0.364 e. The second-order valence-corrected chi connectivity index (χ2v) is 36.0. The van der Waals surface area contributed by atoms with E-state index >= 15 is 0 Å². The molecule has 37 N–H and O–H groups in total. The predicted octanol–water partition coefficient (Wildman–Crippen LogP) is -25.1. The number of hydrogen-bond acceptors (Lipinski definition) is 58. The van der Waals surface area contributed by atoms with Crippen LogP contribution in [0.4, 0.5) is 0 Å². The number of carboxylic acids is 1. The molecule has 11 aliphatic heterocycles. The summed E-state index contributed by atoms with van der Waals surface area (Å²) in [6.07, 6.45) is -110. The van der Waals surface area contributed by atoms with Gasteiger partial charge in [0.15, 0.2) is 62.9 Å². The van der Waals surface area contributed by atoms with E-state index in [0.29, 0.717) is 0 Å². The minimum absolute atomic E-state index is 0.857. The lowest BCUT2D eigenvalue weighted by Gasteiger charge is -2.51. The summed E-state index contributed by atoms with van der Waals surface area (Å²) in [4.78, 5) is 77.6. The molecule has 11 fully saturated rings. The molecule has 56 atom stereocenters. The third kappa shape index (κ3) is 26.4. The summed E-state index contributed by atoms with van der Waals surface area (Å²) in [6, 6.07) is -9.87. The molecule has 64 heteroatoms. The molecule has 0 aromatic rings. The van der Waals surface area contributed by atoms with E-state index in [0.717, 1.165) is 27.7 Å². The number of nitrogens with one attached hydrogen (secondary N) is 5. The van der Waals surface area contributed by atoms with Crippen LogP contribution in [-0.2, 0) is 128 Å². The first-order valence-electron chi connectivity index (χ1n) is 45.3. The number of aliphatic hydroxyl groups excluding tert-OH is 31. The number of ether oxygens (including phenoxy) is 21. The molecular weight excluding hydrogens is 1960 g/mol. The van der Waals surface area contributed by atoms with E-state index in [4.69, 9.17) is 99.5 Å². The molecule has 0 aliphatic carbocycles. The summed E-state index contributed by atoms with van der Waals surface area (Å²) in [5, 5.41) is 369. The Labute approximate surface area is 808 Å². The van der Waals surface area contributed by atoms with E-state index in [-0.39, 0.29) is 0 Å². The van der Waals surface area contributed by atoms with Crippen molar-refractivity contribution in [3.05, 3.63) is 0 Å². The number of aliphatic hydroxyl groups is 31. The smallest absolute Gasteiger partial charge is 0.364 e. The normalized spacial score (nSPS) is 47.8. The average molecular weight is 2090 g/mol. The fourth-order valence-corrected chi connectivity index (χ4v) is 18.3. The molecule has 11 saturated heterocycles. The summed E-state index contributed by atoms with van der Waals surface area (Å²) in [7, 11) is 0. The van der Waals surface area contributed by atoms with Gasteiger partial charge in [-0.25, -0.2) is 4.79 Å². The van der Waals surface area contributed by atoms with Crippen LogP contribution in [-0.4, -0.2) is 615 Å². The van der Waals surface area contributed by atoms with Crippen LogP contribution < -0.4 is 26.6 Å². The zero-order valence-electron chi connectivity index (χ0n) is 76.6. The molecule has 826 valence electrons. The van der Waals surface area contributed by atoms with Gasteiger partial charge < -0.3 is 289 Å². The Morgan fingerprint density at radius 3 is 1.08 bits per heavy atom. The van der Waals surface area contributed by atoms with E-state index in [1.54, 1.807) is 0 Å². The van der Waals surface area contributed by atoms with Crippen molar-refractivity contribution < 1.29 is 292 Å². The topological polar surface area (TPSA) is 1000 Å². The molecule has 0 radical (unpaired) electrons. The maximum absolute atomic E-state index is 13.4. The molecule has 5 amide bonds. The van der Waals surface area contributed by atoms with Gasteiger partial charge in [-0.2, -0.15) is 0 Å². The first-order chi connectivity index (χ1) is 67.5. The molecule has 11 aliphatic rings. The van der Waals surface area contributed by atoms with Gasteiger partial charge in [0.1, 0.15) is 263 Å². The van der Waals surface area contributed by atoms with Crippen LogP contribution in [0.1, 0.15) is 41.0 Å². The van der Waals surface area contributed by atoms with Crippen LogP contribution in [0.25, 0.3) is 0 Å². The van der Waals surface area contributed by atoms with Gasteiger partial charge in [0.05, 0.1) is 84.3 Å². The molecule has 11 rings (SSSR count). The number of hydrogen-bond donors (Lipinski definition) is 37. The largest absolute Gasteiger partial charge is 0.477 e. The van der Waals surface area contributed by atoms with Gasteiger partial charge in [-0.1, -0.05) is 0 Å². The van der Waals surface area contributed by atoms with Gasteiger partial charge in [-0.3, -0.25) is 24.0 Å². The van der Waals surface area contributed by atoms with Crippen LogP contribution in [0.2, 0.25) is 0 Å². The van der Waals surface area contributed by atoms with Crippen LogP contribution in [0.5, 0.6) is 0 Å². The Hall–Kier alpha value is -5.26. The van der Waals surface area contributed by atoms with Crippen molar-refractivity contribution in [2.75, 3.05) is 72.7 Å². The minimum Gasteiger partial charge on any atom is -0.477 e. The number of rotatable bonds is 39. The molecule has 0 unspecified atom stereocenters. The zero-order valence-corrected chi connectivity index (χ0v) is 76.6. The minimum atomic E-state index is -3.18. The zero-order chi connectivity index (χ0) is 106. The second-order valence-electron chi connectivity index (χ2n) is 36.0. The highest BCUT2D eigenvalue weighted by atomic mass is 16.8. The van der Waals surface area contributed by atoms with Crippen LogP contribution in [0, 0.1) is 0 Å². The number of carbonyl (C=O) groups is 6. The van der Waals surface area contributed by atoms with Crippen LogP contribution in [0.3, 0.4) is 0 Å². The highest BCUT2D eigenvalue weighted by Crippen LogP contribution is 2.43. The quantitative estimate of drug-likeness (QED) is 0.0272. The Morgan fingerprint density at radius 1 is 0.315 bits per heavy atom. The molecule has 11 heterocycles. The fourth-order valence-electron chi connectivity index (χ4n) is 18.3. The third-order valence-electron chi connectivity index (χ3n) is 26.0. The number of aliphatic carboxylic acids is 1. The van der Waals surface area contributed by atoms with Crippen molar-refractivity contribution >= 4 is 35.5 Å². The Kier molecular flexibility index (Phi) is 42.3. The molecule has 0 aromatic heterocycles. The van der Waals surface area contributed by atoms with Gasteiger partial charge in [-0.15, -0.1) is 0 Å². The number of amides is 5. The van der Waals surface area contributed by atoms with Crippen molar-refractivity contribution in [3.63, 3.8) is 0 Å². The van der Waals surface area contributed by atoms with Crippen LogP contribution in [0.15, 0.2) is 0 Å². The SMILES string of the molecule is CC(=O)N[C@@H]1[C@@H](O)[C@H](O[C@@H]2O[C@H](CO)[C@@H](O[C@@H]3O[C@H](CO[C@H]4O[C@H](CO)[C@@H](O)[C@H](O)[C@@H]4O[C@@H]4O[C@H](CO)[C@@H](O[C@@H]5O[C@H](CO[C@]6(C(=O)O)C[C@H](O)[C@@H](NC(=O)CO)[C@H]([C@H](O)[C@H](O)CO)O6)[C@H](O)[C@H](O)[C@H]5O)[C@H](O)[C@H]4NC(C)=O)[C@@H](O)[C@H](O[C@H]4O[C@H](CO)[C@@H](O)[C@H](O)[C@@H]4O[C@@H]4O[C@H](CO)[C@@H](O[C@@H]5O[C@H](CO)[C@H](O)[C@H](O)[C@H]5O)[C@H](O)[C@H]4NC(C)=O)[C@@H]3O)[C@H](O)[C@H]2NC(C)=O)[C@@H](CO[C@@H]2O[C@@H](C)[C@@H](O)[C@@H](O)[C@@H]2O)O[C@H]1O. The summed E-state index contributed by atoms with van der Waals surface area (Å²) >= 11 is 0. The number of carbonyl (C=O) groups excluding carboxylic acids is 5. The summed E-state index contributed by atoms with van der Waals surface area (Å²) in [6.45, 7) is -8.34. The molecule has 0 aromatic carbocycles. The second kappa shape index (κ2) is 51.2. The third-order valence-corrected chi connectivity index (χ3v) is 26.0. The van der Waals surface area contributed by atoms with Gasteiger partial charge in [0.25, 0.3) is 5.79 Å². The summed E-state index contributed by atoms with van der Waals surface area (Å²) in [5.74, 6) is -10.5. The van der Waals surface area contributed by atoms with Gasteiger partial charge >= 0.3 is 5.97 Å². The monoisotopic (exact) mass is 2090 g/mol. The molecule has 64 nitrogen and oxygen atoms in total. The molecule has 0 spiro atoms. The van der Waals surface area contributed by atoms with Gasteiger partial charge in [0.2, 0.25) is 29.5 Å². The first-order valence-corrected chi connectivity index (χ1v) is 45.3. The van der Waals surface area contributed by atoms with Crippen LogP contribution >= 0.6 is 0 Å². The number of carboxylic acid groups (broad SMARTS) is 1. The van der Waals surface area contributed by atoms with Gasteiger partial charge in [0, 0.05) is 34.1 Å².